The average molecular weight is 630 g/mol. The molecular formula is C32H43N3O8S. The van der Waals surface area contributed by atoms with E-state index in [0.29, 0.717) is 37.4 Å². The lowest BCUT2D eigenvalue weighted by Gasteiger charge is -2.36. The van der Waals surface area contributed by atoms with E-state index in [1.165, 1.54) is 12.1 Å². The molecule has 0 radical (unpaired) electrons. The number of amides is 1. The molecular weight excluding hydrogens is 586 g/mol. The summed E-state index contributed by atoms with van der Waals surface area (Å²) in [6.45, 7) is 8.90. The van der Waals surface area contributed by atoms with Gasteiger partial charge < -0.3 is 24.4 Å². The third-order valence-corrected chi connectivity index (χ3v) is 9.01. The van der Waals surface area contributed by atoms with Crippen molar-refractivity contribution in [1.29, 1.82) is 0 Å². The van der Waals surface area contributed by atoms with Crippen molar-refractivity contribution in [2.45, 2.75) is 94.8 Å². The molecule has 11 nitrogen and oxygen atoms in total. The van der Waals surface area contributed by atoms with Crippen LogP contribution in [0.5, 0.6) is 5.75 Å². The Morgan fingerprint density at radius 2 is 1.70 bits per heavy atom. The van der Waals surface area contributed by atoms with Crippen LogP contribution in [0, 0.1) is 6.92 Å². The van der Waals surface area contributed by atoms with Gasteiger partial charge in [-0.1, -0.05) is 29.8 Å². The second kappa shape index (κ2) is 14.5. The highest BCUT2D eigenvalue weighted by Crippen LogP contribution is 2.23. The number of carbonyl (C=O) groups excluding carboxylic acids is 3. The number of piperidine rings is 1. The molecule has 3 atom stereocenters. The van der Waals surface area contributed by atoms with E-state index in [2.05, 4.69) is 10.0 Å². The van der Waals surface area contributed by atoms with Crippen LogP contribution in [0.3, 0.4) is 0 Å². The summed E-state index contributed by atoms with van der Waals surface area (Å²) < 4.78 is 45.5. The molecule has 2 aromatic rings. The topological polar surface area (TPSA) is 140 Å². The standard InChI is InChI=1S/C32H43N3O8S/c1-22-10-16-26(17-11-22)44(39,40)34-28(30(37)42-29(36)27-9-7-18-33-27)20-23-12-14-25(15-13-23)41-21-24-8-5-6-19-35(24)31(38)43-32(2,3)4/h10-17,24,27-28,33-34H,5-9,18-21H2,1-4H3/t24?,27-,28-/m0/s1. The maximum atomic E-state index is 13.2. The number of ether oxygens (including phenoxy) is 3. The molecule has 2 fully saturated rings. The Morgan fingerprint density at radius 1 is 1.00 bits per heavy atom. The summed E-state index contributed by atoms with van der Waals surface area (Å²) in [6.07, 6.45) is 3.62. The Kier molecular flexibility index (Phi) is 11.0. The molecule has 240 valence electrons. The third-order valence-electron chi connectivity index (χ3n) is 7.52. The van der Waals surface area contributed by atoms with Gasteiger partial charge in [0, 0.05) is 6.54 Å². The normalized spacial score (nSPS) is 19.7. The van der Waals surface area contributed by atoms with E-state index < -0.39 is 39.6 Å². The maximum Gasteiger partial charge on any atom is 0.410 e. The summed E-state index contributed by atoms with van der Waals surface area (Å²) in [6, 6.07) is 11.1. The van der Waals surface area contributed by atoms with Crippen LogP contribution in [-0.2, 0) is 35.5 Å². The van der Waals surface area contributed by atoms with Gasteiger partial charge in [-0.3, -0.25) is 0 Å². The fourth-order valence-electron chi connectivity index (χ4n) is 5.16. The number of aryl methyl sites for hydroxylation is 1. The SMILES string of the molecule is Cc1ccc(S(=O)(=O)N[C@@H](Cc2ccc(OCC3CCCCN3C(=O)OC(C)(C)C)cc2)C(=O)OC(=O)[C@@H]2CCCN2)cc1. The second-order valence-corrected chi connectivity index (χ2v) is 14.1. The van der Waals surface area contributed by atoms with Crippen LogP contribution in [0.1, 0.15) is 64.0 Å². The fraction of sp³-hybridized carbons (Fsp3) is 0.531. The van der Waals surface area contributed by atoms with E-state index >= 15 is 0 Å². The number of hydrogen-bond donors (Lipinski definition) is 2. The zero-order chi connectivity index (χ0) is 31.9. The van der Waals surface area contributed by atoms with Crippen molar-refractivity contribution in [2.24, 2.45) is 0 Å². The van der Waals surface area contributed by atoms with Crippen LogP contribution in [0.25, 0.3) is 0 Å². The van der Waals surface area contributed by atoms with Crippen molar-refractivity contribution in [3.05, 3.63) is 59.7 Å². The second-order valence-electron chi connectivity index (χ2n) is 12.4. The zero-order valence-electron chi connectivity index (χ0n) is 25.8. The summed E-state index contributed by atoms with van der Waals surface area (Å²) in [4.78, 5) is 40.1. The zero-order valence-corrected chi connectivity index (χ0v) is 26.7. The van der Waals surface area contributed by atoms with Gasteiger partial charge in [0.2, 0.25) is 10.0 Å². The van der Waals surface area contributed by atoms with Gasteiger partial charge >= 0.3 is 18.0 Å². The highest BCUT2D eigenvalue weighted by Gasteiger charge is 2.33. The Hall–Kier alpha value is -3.48. The molecule has 2 N–H and O–H groups in total. The van der Waals surface area contributed by atoms with Gasteiger partial charge in [0.05, 0.1) is 10.9 Å². The minimum Gasteiger partial charge on any atom is -0.491 e. The van der Waals surface area contributed by atoms with Crippen LogP contribution in [-0.4, -0.2) is 74.8 Å². The number of benzene rings is 2. The minimum absolute atomic E-state index is 0.00317. The quantitative estimate of drug-likeness (QED) is 0.296. The average Bonchev–Trinajstić information content (AvgIpc) is 3.51. The molecule has 2 saturated heterocycles. The summed E-state index contributed by atoms with van der Waals surface area (Å²) in [5.74, 6) is -1.14. The lowest BCUT2D eigenvalue weighted by molar-refractivity contribution is -0.162. The molecule has 2 aliphatic heterocycles. The number of hydrogen-bond acceptors (Lipinski definition) is 9. The summed E-state index contributed by atoms with van der Waals surface area (Å²) in [5.41, 5.74) is 0.929. The largest absolute Gasteiger partial charge is 0.491 e. The van der Waals surface area contributed by atoms with Gasteiger partial charge in [-0.2, -0.15) is 4.72 Å². The van der Waals surface area contributed by atoms with Crippen LogP contribution in [0.15, 0.2) is 53.4 Å². The highest BCUT2D eigenvalue weighted by atomic mass is 32.2. The van der Waals surface area contributed by atoms with Crippen molar-refractivity contribution in [1.82, 2.24) is 14.9 Å². The predicted molar refractivity (Wildman–Crippen MR) is 164 cm³/mol. The Morgan fingerprint density at radius 3 is 2.34 bits per heavy atom. The molecule has 12 heteroatoms. The third kappa shape index (κ3) is 9.51. The first kappa shape index (κ1) is 33.4. The van der Waals surface area contributed by atoms with Crippen molar-refractivity contribution >= 4 is 28.1 Å². The molecule has 2 heterocycles. The van der Waals surface area contributed by atoms with E-state index in [0.717, 1.165) is 31.2 Å². The molecule has 44 heavy (non-hydrogen) atoms. The number of rotatable bonds is 10. The van der Waals surface area contributed by atoms with Gasteiger partial charge in [0.25, 0.3) is 0 Å². The van der Waals surface area contributed by atoms with Crippen molar-refractivity contribution < 1.29 is 37.0 Å². The lowest BCUT2D eigenvalue weighted by atomic mass is 10.0. The molecule has 1 unspecified atom stereocenters. The molecule has 0 aromatic heterocycles. The van der Waals surface area contributed by atoms with Crippen LogP contribution >= 0.6 is 0 Å². The molecule has 0 saturated carbocycles. The van der Waals surface area contributed by atoms with Gasteiger partial charge in [0.15, 0.2) is 0 Å². The van der Waals surface area contributed by atoms with Crippen molar-refractivity contribution in [3.8, 4) is 5.75 Å². The number of sulfonamides is 1. The maximum absolute atomic E-state index is 13.2. The number of likely N-dealkylation sites (tertiary alicyclic amines) is 1. The van der Waals surface area contributed by atoms with Crippen LogP contribution < -0.4 is 14.8 Å². The molecule has 4 rings (SSSR count). The van der Waals surface area contributed by atoms with E-state index in [9.17, 15) is 22.8 Å². The lowest BCUT2D eigenvalue weighted by Crippen LogP contribution is -2.48. The Bertz CT molecular complexity index is 1400. The van der Waals surface area contributed by atoms with E-state index in [1.54, 1.807) is 41.3 Å². The number of esters is 2. The molecule has 0 spiro atoms. The van der Waals surface area contributed by atoms with Crippen LogP contribution in [0.4, 0.5) is 4.79 Å². The van der Waals surface area contributed by atoms with Crippen molar-refractivity contribution in [3.63, 3.8) is 0 Å². The van der Waals surface area contributed by atoms with Gasteiger partial charge in [0.1, 0.15) is 30.0 Å². The molecule has 2 aliphatic rings. The molecule has 1 amide bonds. The fourth-order valence-corrected chi connectivity index (χ4v) is 6.34. The summed E-state index contributed by atoms with van der Waals surface area (Å²) in [5, 5.41) is 2.98. The number of nitrogens with zero attached hydrogens (tertiary/aromatic N) is 1. The van der Waals surface area contributed by atoms with Gasteiger partial charge in [-0.05, 0) is 103 Å². The molecule has 0 aliphatic carbocycles. The Balaban J connectivity index is 1.43. The monoisotopic (exact) mass is 629 g/mol. The minimum atomic E-state index is -4.09. The molecule has 0 bridgehead atoms. The first-order chi connectivity index (χ1) is 20.8. The van der Waals surface area contributed by atoms with Gasteiger partial charge in [-0.25, -0.2) is 22.8 Å². The summed E-state index contributed by atoms with van der Waals surface area (Å²) in [7, 11) is -4.09. The van der Waals surface area contributed by atoms with Gasteiger partial charge in [-0.15, -0.1) is 0 Å². The van der Waals surface area contributed by atoms with E-state index in [-0.39, 0.29) is 23.5 Å². The van der Waals surface area contributed by atoms with Crippen LogP contribution in [0.2, 0.25) is 0 Å². The number of nitrogens with one attached hydrogen (secondary N) is 2. The smallest absolute Gasteiger partial charge is 0.410 e. The number of carbonyl (C=O) groups is 3. The summed E-state index contributed by atoms with van der Waals surface area (Å²) >= 11 is 0. The van der Waals surface area contributed by atoms with E-state index in [1.807, 2.05) is 27.7 Å². The predicted octanol–water partition coefficient (Wildman–Crippen LogP) is 3.87. The van der Waals surface area contributed by atoms with Crippen molar-refractivity contribution in [2.75, 3.05) is 19.7 Å². The first-order valence-corrected chi connectivity index (χ1v) is 16.6. The Labute approximate surface area is 259 Å². The first-order valence-electron chi connectivity index (χ1n) is 15.1. The highest BCUT2D eigenvalue weighted by molar-refractivity contribution is 7.89. The molecule has 2 aromatic carbocycles. The van der Waals surface area contributed by atoms with E-state index in [4.69, 9.17) is 14.2 Å².